The molecule has 1 aliphatic heterocycles. The van der Waals surface area contributed by atoms with Gasteiger partial charge in [-0.25, -0.2) is 0 Å². The molecule has 0 aliphatic carbocycles. The molecule has 1 fully saturated rings. The molecule has 1 rings (SSSR count). The Kier molecular flexibility index (Phi) is 3.87. The van der Waals surface area contributed by atoms with Gasteiger partial charge in [0, 0.05) is 0 Å². The molecule has 3 atom stereocenters. The van der Waals surface area contributed by atoms with Crippen molar-refractivity contribution in [2.45, 2.75) is 50.9 Å². The van der Waals surface area contributed by atoms with E-state index in [0.717, 1.165) is 6.42 Å². The fourth-order valence-electron chi connectivity index (χ4n) is 1.40. The van der Waals surface area contributed by atoms with Gasteiger partial charge in [0.05, 0.1) is 17.5 Å². The Morgan fingerprint density at radius 1 is 1.25 bits per heavy atom. The number of hydrogen-bond donors (Lipinski definition) is 0. The zero-order valence-electron chi connectivity index (χ0n) is 8.24. The molecule has 12 heavy (non-hydrogen) atoms. The van der Waals surface area contributed by atoms with Crippen LogP contribution in [-0.2, 0) is 9.47 Å². The van der Waals surface area contributed by atoms with Crippen molar-refractivity contribution >= 4 is 11.8 Å². The topological polar surface area (TPSA) is 18.5 Å². The highest BCUT2D eigenvalue weighted by molar-refractivity contribution is 7.99. The molecule has 3 heteroatoms. The van der Waals surface area contributed by atoms with E-state index in [1.54, 1.807) is 11.8 Å². The van der Waals surface area contributed by atoms with E-state index in [1.165, 1.54) is 0 Å². The van der Waals surface area contributed by atoms with Crippen molar-refractivity contribution < 1.29 is 9.47 Å². The van der Waals surface area contributed by atoms with Crippen LogP contribution in [0.4, 0.5) is 0 Å². The molecule has 0 N–H and O–H groups in total. The van der Waals surface area contributed by atoms with Crippen LogP contribution in [0.1, 0.15) is 27.2 Å². The number of thioether (sulfide) groups is 1. The van der Waals surface area contributed by atoms with Crippen LogP contribution in [0.2, 0.25) is 0 Å². The second-order valence-corrected chi connectivity index (χ2v) is 4.65. The van der Waals surface area contributed by atoms with Crippen molar-refractivity contribution in [1.82, 2.24) is 0 Å². The van der Waals surface area contributed by atoms with Gasteiger partial charge < -0.3 is 9.47 Å². The first kappa shape index (κ1) is 10.4. The van der Waals surface area contributed by atoms with Gasteiger partial charge >= 0.3 is 0 Å². The molecule has 1 heterocycles. The lowest BCUT2D eigenvalue weighted by atomic mass is 10.2. The van der Waals surface area contributed by atoms with Crippen molar-refractivity contribution in [3.63, 3.8) is 0 Å². The standard InChI is InChI=1S/C9H18O2S/c1-6-5-7(2)11-9(10-6)8(3)12-4/h6-9H,5H2,1-4H3. The SMILES string of the molecule is CSC(C)C1OC(C)CC(C)O1. The molecule has 0 bridgehead atoms. The van der Waals surface area contributed by atoms with Gasteiger partial charge in [-0.1, -0.05) is 0 Å². The molecule has 0 saturated carbocycles. The van der Waals surface area contributed by atoms with Crippen LogP contribution in [0.3, 0.4) is 0 Å². The molecule has 2 nitrogen and oxygen atoms in total. The monoisotopic (exact) mass is 190 g/mol. The number of hydrogen-bond acceptors (Lipinski definition) is 3. The molecular weight excluding hydrogens is 172 g/mol. The van der Waals surface area contributed by atoms with Crippen molar-refractivity contribution in [3.05, 3.63) is 0 Å². The van der Waals surface area contributed by atoms with Gasteiger partial charge in [0.2, 0.25) is 0 Å². The van der Waals surface area contributed by atoms with Gasteiger partial charge in [-0.3, -0.25) is 0 Å². The Morgan fingerprint density at radius 2 is 1.75 bits per heavy atom. The lowest BCUT2D eigenvalue weighted by molar-refractivity contribution is -0.231. The van der Waals surface area contributed by atoms with Gasteiger partial charge in [0.1, 0.15) is 0 Å². The lowest BCUT2D eigenvalue weighted by Crippen LogP contribution is -2.40. The van der Waals surface area contributed by atoms with Crippen LogP contribution < -0.4 is 0 Å². The minimum absolute atomic E-state index is 0.0150. The Bertz CT molecular complexity index is 130. The summed E-state index contributed by atoms with van der Waals surface area (Å²) in [5.74, 6) is 0. The van der Waals surface area contributed by atoms with Gasteiger partial charge in [0.15, 0.2) is 6.29 Å². The van der Waals surface area contributed by atoms with Gasteiger partial charge in [-0.15, -0.1) is 0 Å². The molecule has 1 saturated heterocycles. The summed E-state index contributed by atoms with van der Waals surface area (Å²) in [7, 11) is 0. The Labute approximate surface area is 79.0 Å². The summed E-state index contributed by atoms with van der Waals surface area (Å²) in [5.41, 5.74) is 0. The minimum Gasteiger partial charge on any atom is -0.348 e. The summed E-state index contributed by atoms with van der Waals surface area (Å²) in [6.45, 7) is 6.36. The lowest BCUT2D eigenvalue weighted by Gasteiger charge is -2.35. The van der Waals surface area contributed by atoms with E-state index in [0.29, 0.717) is 17.5 Å². The van der Waals surface area contributed by atoms with Crippen LogP contribution in [0.5, 0.6) is 0 Å². The van der Waals surface area contributed by atoms with Crippen molar-refractivity contribution in [1.29, 1.82) is 0 Å². The van der Waals surface area contributed by atoms with E-state index in [2.05, 4.69) is 27.0 Å². The Balaban J connectivity index is 2.43. The van der Waals surface area contributed by atoms with Crippen molar-refractivity contribution in [3.8, 4) is 0 Å². The predicted molar refractivity (Wildman–Crippen MR) is 52.5 cm³/mol. The quantitative estimate of drug-likeness (QED) is 0.665. The Hall–Kier alpha value is 0.270. The molecule has 0 spiro atoms. The predicted octanol–water partition coefficient (Wildman–Crippen LogP) is 2.28. The van der Waals surface area contributed by atoms with E-state index in [9.17, 15) is 0 Å². The zero-order valence-corrected chi connectivity index (χ0v) is 9.06. The maximum Gasteiger partial charge on any atom is 0.169 e. The molecular formula is C9H18O2S. The maximum atomic E-state index is 5.67. The third-order valence-electron chi connectivity index (χ3n) is 2.15. The van der Waals surface area contributed by atoms with E-state index in [1.807, 2.05) is 0 Å². The largest absolute Gasteiger partial charge is 0.348 e. The van der Waals surface area contributed by atoms with Crippen LogP contribution in [0.25, 0.3) is 0 Å². The molecule has 0 aromatic carbocycles. The molecule has 3 unspecified atom stereocenters. The van der Waals surface area contributed by atoms with E-state index < -0.39 is 0 Å². The highest BCUT2D eigenvalue weighted by atomic mass is 32.2. The average Bonchev–Trinajstić information content (AvgIpc) is 2.01. The number of ether oxygens (including phenoxy) is 2. The Morgan fingerprint density at radius 3 is 2.17 bits per heavy atom. The molecule has 0 aromatic heterocycles. The first-order chi connectivity index (χ1) is 5.63. The normalized spacial score (nSPS) is 39.5. The van der Waals surface area contributed by atoms with E-state index in [4.69, 9.17) is 9.47 Å². The number of rotatable bonds is 2. The summed E-state index contributed by atoms with van der Waals surface area (Å²) < 4.78 is 11.3. The van der Waals surface area contributed by atoms with Gasteiger partial charge in [-0.2, -0.15) is 11.8 Å². The molecule has 1 aliphatic rings. The third-order valence-corrected chi connectivity index (χ3v) is 3.12. The third kappa shape index (κ3) is 2.64. The molecule has 72 valence electrons. The van der Waals surface area contributed by atoms with Crippen molar-refractivity contribution in [2.24, 2.45) is 0 Å². The first-order valence-electron chi connectivity index (χ1n) is 4.47. The highest BCUT2D eigenvalue weighted by Crippen LogP contribution is 2.24. The van der Waals surface area contributed by atoms with Gasteiger partial charge in [-0.05, 0) is 33.4 Å². The fraction of sp³-hybridized carbons (Fsp3) is 1.00. The summed E-state index contributed by atoms with van der Waals surface area (Å²) >= 11 is 1.79. The second kappa shape index (κ2) is 4.49. The van der Waals surface area contributed by atoms with Crippen LogP contribution in [-0.4, -0.2) is 30.0 Å². The summed E-state index contributed by atoms with van der Waals surface area (Å²) in [5, 5.41) is 0.426. The fourth-order valence-corrected chi connectivity index (χ4v) is 1.75. The summed E-state index contributed by atoms with van der Waals surface area (Å²) in [6.07, 6.45) is 3.76. The van der Waals surface area contributed by atoms with Crippen LogP contribution in [0, 0.1) is 0 Å². The smallest absolute Gasteiger partial charge is 0.169 e. The van der Waals surface area contributed by atoms with Crippen LogP contribution in [0.15, 0.2) is 0 Å². The average molecular weight is 190 g/mol. The van der Waals surface area contributed by atoms with E-state index >= 15 is 0 Å². The summed E-state index contributed by atoms with van der Waals surface area (Å²) in [4.78, 5) is 0. The second-order valence-electron chi connectivity index (χ2n) is 3.44. The molecule has 0 amide bonds. The molecule has 0 radical (unpaired) electrons. The van der Waals surface area contributed by atoms with Crippen LogP contribution >= 0.6 is 11.8 Å². The minimum atomic E-state index is -0.0150. The highest BCUT2D eigenvalue weighted by Gasteiger charge is 2.28. The van der Waals surface area contributed by atoms with E-state index in [-0.39, 0.29) is 6.29 Å². The van der Waals surface area contributed by atoms with Gasteiger partial charge in [0.25, 0.3) is 0 Å². The maximum absolute atomic E-state index is 5.67. The zero-order chi connectivity index (χ0) is 9.14. The van der Waals surface area contributed by atoms with Crippen molar-refractivity contribution in [2.75, 3.05) is 6.26 Å². The first-order valence-corrected chi connectivity index (χ1v) is 5.76. The molecule has 0 aromatic rings. The summed E-state index contributed by atoms with van der Waals surface area (Å²) in [6, 6.07) is 0.